The zero-order valence-corrected chi connectivity index (χ0v) is 9.31. The fraction of sp³-hybridized carbons (Fsp3) is 0. The molecule has 1 aromatic heterocycles. The lowest BCUT2D eigenvalue weighted by molar-refractivity contribution is 0.627. The zero-order valence-electron chi connectivity index (χ0n) is 9.31. The quantitative estimate of drug-likeness (QED) is 0.567. The van der Waals surface area contributed by atoms with Gasteiger partial charge >= 0.3 is 0 Å². The van der Waals surface area contributed by atoms with E-state index in [1.54, 1.807) is 18.2 Å². The number of nitrogen functional groups attached to an aromatic ring is 1. The first-order valence-electron chi connectivity index (χ1n) is 5.13. The van der Waals surface area contributed by atoms with Crippen LogP contribution in [0.25, 0.3) is 0 Å². The van der Waals surface area contributed by atoms with Crippen molar-refractivity contribution in [2.24, 2.45) is 5.84 Å². The summed E-state index contributed by atoms with van der Waals surface area (Å²) in [5.74, 6) is 5.78. The first-order chi connectivity index (χ1) is 8.72. The summed E-state index contributed by atoms with van der Waals surface area (Å²) >= 11 is 0. The minimum atomic E-state index is -0.456. The van der Waals surface area contributed by atoms with Crippen LogP contribution in [0.5, 0.6) is 0 Å². The third-order valence-corrected chi connectivity index (χ3v) is 2.26. The Morgan fingerprint density at radius 2 is 2.00 bits per heavy atom. The van der Waals surface area contributed by atoms with Gasteiger partial charge in [-0.1, -0.05) is 6.07 Å². The minimum absolute atomic E-state index is 0.211. The van der Waals surface area contributed by atoms with Gasteiger partial charge in [-0.05, 0) is 30.3 Å². The van der Waals surface area contributed by atoms with E-state index in [1.807, 2.05) is 6.07 Å². The number of hydrazine groups is 1. The normalized spacial score (nSPS) is 9.61. The smallest absolute Gasteiger partial charge is 0.142 e. The molecule has 0 aliphatic carbocycles. The third-order valence-electron chi connectivity index (χ3n) is 2.26. The molecule has 0 fully saturated rings. The molecule has 0 amide bonds. The van der Waals surface area contributed by atoms with E-state index in [0.717, 1.165) is 6.07 Å². The lowest BCUT2D eigenvalue weighted by atomic mass is 10.2. The number of nitrogens with one attached hydrogen (secondary N) is 2. The molecule has 2 aromatic rings. The molecule has 0 unspecified atom stereocenters. The van der Waals surface area contributed by atoms with Crippen molar-refractivity contribution in [1.29, 1.82) is 5.26 Å². The molecule has 0 spiro atoms. The van der Waals surface area contributed by atoms with Crippen molar-refractivity contribution < 1.29 is 4.39 Å². The predicted molar refractivity (Wildman–Crippen MR) is 66.4 cm³/mol. The van der Waals surface area contributed by atoms with E-state index < -0.39 is 5.82 Å². The maximum absolute atomic E-state index is 13.0. The highest BCUT2D eigenvalue weighted by molar-refractivity contribution is 5.65. The fourth-order valence-corrected chi connectivity index (χ4v) is 1.44. The number of hydrogen-bond acceptors (Lipinski definition) is 5. The molecule has 0 radical (unpaired) electrons. The highest BCUT2D eigenvalue weighted by atomic mass is 19.1. The predicted octanol–water partition coefficient (Wildman–Crippen LogP) is 2.12. The van der Waals surface area contributed by atoms with E-state index in [0.29, 0.717) is 17.3 Å². The molecule has 0 aliphatic rings. The Hall–Kier alpha value is -2.65. The molecule has 0 saturated carbocycles. The molecule has 6 heteroatoms. The van der Waals surface area contributed by atoms with Crippen molar-refractivity contribution in [1.82, 2.24) is 4.98 Å². The SMILES string of the molecule is N#Cc1cc(F)ccc1Nc1cccc(NN)n1. The number of aromatic nitrogens is 1. The topological polar surface area (TPSA) is 86.8 Å². The van der Waals surface area contributed by atoms with Crippen LogP contribution in [0.4, 0.5) is 21.7 Å². The standard InChI is InChI=1S/C12H10FN5/c13-9-4-5-10(8(6-9)7-14)16-11-2-1-3-12(17-11)18-15/h1-6H,15H2,(H2,16,17,18). The maximum Gasteiger partial charge on any atom is 0.142 e. The summed E-state index contributed by atoms with van der Waals surface area (Å²) < 4.78 is 13.0. The Morgan fingerprint density at radius 3 is 2.72 bits per heavy atom. The van der Waals surface area contributed by atoms with Crippen LogP contribution in [0.2, 0.25) is 0 Å². The summed E-state index contributed by atoms with van der Waals surface area (Å²) in [5, 5.41) is 11.8. The molecule has 90 valence electrons. The first kappa shape index (κ1) is 11.8. The number of hydrogen-bond donors (Lipinski definition) is 3. The minimum Gasteiger partial charge on any atom is -0.339 e. The van der Waals surface area contributed by atoms with Crippen LogP contribution in [0.15, 0.2) is 36.4 Å². The summed E-state index contributed by atoms with van der Waals surface area (Å²) in [5.41, 5.74) is 3.11. The number of benzene rings is 1. The summed E-state index contributed by atoms with van der Waals surface area (Å²) in [6.45, 7) is 0. The van der Waals surface area contributed by atoms with Gasteiger partial charge in [-0.15, -0.1) is 0 Å². The van der Waals surface area contributed by atoms with E-state index in [9.17, 15) is 4.39 Å². The van der Waals surface area contributed by atoms with Crippen LogP contribution in [0.3, 0.4) is 0 Å². The van der Waals surface area contributed by atoms with Crippen LogP contribution in [0.1, 0.15) is 5.56 Å². The van der Waals surface area contributed by atoms with E-state index in [2.05, 4.69) is 15.7 Å². The van der Waals surface area contributed by atoms with Crippen LogP contribution in [-0.4, -0.2) is 4.98 Å². The van der Waals surface area contributed by atoms with Crippen molar-refractivity contribution in [2.45, 2.75) is 0 Å². The van der Waals surface area contributed by atoms with Crippen LogP contribution >= 0.6 is 0 Å². The Bertz CT molecular complexity index is 606. The number of halogens is 1. The van der Waals surface area contributed by atoms with E-state index in [1.165, 1.54) is 12.1 Å². The molecule has 4 N–H and O–H groups in total. The number of pyridine rings is 1. The highest BCUT2D eigenvalue weighted by Gasteiger charge is 2.05. The van der Waals surface area contributed by atoms with Gasteiger partial charge in [-0.25, -0.2) is 15.2 Å². The molecule has 2 rings (SSSR count). The fourth-order valence-electron chi connectivity index (χ4n) is 1.44. The summed E-state index contributed by atoms with van der Waals surface area (Å²) in [6, 6.07) is 11.0. The Morgan fingerprint density at radius 1 is 1.22 bits per heavy atom. The lowest BCUT2D eigenvalue weighted by Crippen LogP contribution is -2.09. The second kappa shape index (κ2) is 5.12. The molecule has 1 heterocycles. The second-order valence-corrected chi connectivity index (χ2v) is 3.48. The molecule has 0 aliphatic heterocycles. The molecule has 18 heavy (non-hydrogen) atoms. The molecule has 0 atom stereocenters. The molecule has 0 bridgehead atoms. The van der Waals surface area contributed by atoms with Crippen molar-refractivity contribution >= 4 is 17.3 Å². The summed E-state index contributed by atoms with van der Waals surface area (Å²) in [6.07, 6.45) is 0. The number of nitrogens with zero attached hydrogens (tertiary/aromatic N) is 2. The molecule has 5 nitrogen and oxygen atoms in total. The van der Waals surface area contributed by atoms with Gasteiger partial charge in [0.2, 0.25) is 0 Å². The number of rotatable bonds is 3. The van der Waals surface area contributed by atoms with Crippen LogP contribution in [-0.2, 0) is 0 Å². The van der Waals surface area contributed by atoms with Crippen molar-refractivity contribution in [3.8, 4) is 6.07 Å². The van der Waals surface area contributed by atoms with Gasteiger partial charge < -0.3 is 10.7 Å². The average Bonchev–Trinajstić information content (AvgIpc) is 2.41. The Labute approximate surface area is 103 Å². The van der Waals surface area contributed by atoms with Gasteiger partial charge in [0.1, 0.15) is 23.5 Å². The number of nitriles is 1. The van der Waals surface area contributed by atoms with Gasteiger partial charge in [-0.3, -0.25) is 0 Å². The van der Waals surface area contributed by atoms with Gasteiger partial charge in [0.25, 0.3) is 0 Å². The second-order valence-electron chi connectivity index (χ2n) is 3.48. The molecular weight excluding hydrogens is 233 g/mol. The van der Waals surface area contributed by atoms with E-state index in [-0.39, 0.29) is 5.56 Å². The number of nitrogens with two attached hydrogens (primary N) is 1. The van der Waals surface area contributed by atoms with Crippen LogP contribution < -0.4 is 16.6 Å². The van der Waals surface area contributed by atoms with Crippen molar-refractivity contribution in [3.05, 3.63) is 47.8 Å². The third kappa shape index (κ3) is 2.53. The summed E-state index contributed by atoms with van der Waals surface area (Å²) in [7, 11) is 0. The summed E-state index contributed by atoms with van der Waals surface area (Å²) in [4.78, 5) is 4.13. The van der Waals surface area contributed by atoms with Crippen molar-refractivity contribution in [3.63, 3.8) is 0 Å². The molecule has 1 aromatic carbocycles. The Kier molecular flexibility index (Phi) is 3.36. The Balaban J connectivity index is 2.31. The van der Waals surface area contributed by atoms with E-state index >= 15 is 0 Å². The average molecular weight is 243 g/mol. The van der Waals surface area contributed by atoms with Crippen LogP contribution in [0, 0.1) is 17.1 Å². The van der Waals surface area contributed by atoms with E-state index in [4.69, 9.17) is 11.1 Å². The monoisotopic (exact) mass is 243 g/mol. The first-order valence-corrected chi connectivity index (χ1v) is 5.13. The largest absolute Gasteiger partial charge is 0.339 e. The highest BCUT2D eigenvalue weighted by Crippen LogP contribution is 2.20. The zero-order chi connectivity index (χ0) is 13.0. The van der Waals surface area contributed by atoms with Crippen molar-refractivity contribution in [2.75, 3.05) is 10.7 Å². The van der Waals surface area contributed by atoms with Gasteiger partial charge in [0.05, 0.1) is 11.3 Å². The molecule has 0 saturated heterocycles. The van der Waals surface area contributed by atoms with Gasteiger partial charge in [0, 0.05) is 0 Å². The van der Waals surface area contributed by atoms with Gasteiger partial charge in [0.15, 0.2) is 0 Å². The number of anilines is 3. The molecular formula is C12H10FN5. The maximum atomic E-state index is 13.0. The lowest BCUT2D eigenvalue weighted by Gasteiger charge is -2.08. The van der Waals surface area contributed by atoms with Gasteiger partial charge in [-0.2, -0.15) is 5.26 Å².